The van der Waals surface area contributed by atoms with Crippen molar-refractivity contribution in [2.45, 2.75) is 13.8 Å². The number of Topliss-reactive ketones (excluding diaryl/α,β-unsaturated/α-hetero) is 1. The van der Waals surface area contributed by atoms with Gasteiger partial charge in [0.15, 0.2) is 0 Å². The van der Waals surface area contributed by atoms with Crippen molar-refractivity contribution in [1.29, 1.82) is 0 Å². The second-order valence-electron chi connectivity index (χ2n) is 10.3. The number of hydrogen-bond donors (Lipinski definition) is 1. The maximum absolute atomic E-state index is 12.8. The van der Waals surface area contributed by atoms with Gasteiger partial charge in [-0.3, -0.25) is 4.79 Å². The normalized spacial score (nSPS) is 13.9. The third-order valence-electron chi connectivity index (χ3n) is 7.64. The van der Waals surface area contributed by atoms with Crippen molar-refractivity contribution in [3.63, 3.8) is 0 Å². The molecule has 0 bridgehead atoms. The molecule has 0 saturated heterocycles. The molecule has 0 unspecified atom stereocenters. The van der Waals surface area contributed by atoms with Crippen molar-refractivity contribution >= 4 is 34.6 Å². The zero-order valence-electron chi connectivity index (χ0n) is 26.4. The van der Waals surface area contributed by atoms with Crippen LogP contribution in [0.4, 0.5) is 0 Å². The highest BCUT2D eigenvalue weighted by molar-refractivity contribution is 6.37. The summed E-state index contributed by atoms with van der Waals surface area (Å²) in [7, 11) is 3.10. The molecule has 0 amide bonds. The van der Waals surface area contributed by atoms with E-state index in [9.17, 15) is 19.6 Å². The molecule has 9 nitrogen and oxygen atoms in total. The lowest BCUT2D eigenvalue weighted by Gasteiger charge is -2.08. The minimum atomic E-state index is -0.591. The van der Waals surface area contributed by atoms with E-state index in [-0.39, 0.29) is 35.9 Å². The predicted octanol–water partition coefficient (Wildman–Crippen LogP) is 6.51. The first-order valence-corrected chi connectivity index (χ1v) is 15.0. The van der Waals surface area contributed by atoms with Gasteiger partial charge < -0.3 is 24.2 Å². The lowest BCUT2D eigenvalue weighted by atomic mass is 9.97. The number of hydrogen-bond acceptors (Lipinski definition) is 9. The summed E-state index contributed by atoms with van der Waals surface area (Å²) in [6.07, 6.45) is 0. The van der Waals surface area contributed by atoms with Crippen LogP contribution in [0.3, 0.4) is 0 Å². The quantitative estimate of drug-likeness (QED) is 0.101. The molecule has 0 radical (unpaired) electrons. The van der Waals surface area contributed by atoms with Gasteiger partial charge >= 0.3 is 11.9 Å². The highest BCUT2D eigenvalue weighted by atomic mass is 16.5. The van der Waals surface area contributed by atoms with Crippen molar-refractivity contribution in [3.05, 3.63) is 142 Å². The van der Waals surface area contributed by atoms with E-state index in [2.05, 4.69) is 5.16 Å². The fraction of sp³-hybridized carbons (Fsp3) is 0.158. The van der Waals surface area contributed by atoms with Gasteiger partial charge in [0.05, 0.1) is 33.0 Å². The zero-order chi connectivity index (χ0) is 33.5. The Balaban J connectivity index is 0.000000185. The van der Waals surface area contributed by atoms with Gasteiger partial charge in [-0.05, 0) is 72.5 Å². The maximum atomic E-state index is 12.8. The Hall–Kier alpha value is -5.96. The maximum Gasteiger partial charge on any atom is 0.342 e. The molecule has 6 rings (SSSR count). The monoisotopic (exact) mass is 631 g/mol. The first-order valence-electron chi connectivity index (χ1n) is 15.0. The standard InChI is InChI=1S/C19H17NO4.C19H16O4/c1-3-24-19(21)17-16(12-7-5-4-6-8-12)14-10-9-13(23-2)11-15(14)18(17)20-22;1-3-23-19(21)17-16(12-7-5-4-6-8-12)14-10-9-13(22-2)11-15(14)18(17)20/h4-11,22H,3H2,1-2H3;4-11H,3H2,1-2H3/b20-18-;. The van der Waals surface area contributed by atoms with E-state index < -0.39 is 11.9 Å². The summed E-state index contributed by atoms with van der Waals surface area (Å²) < 4.78 is 20.7. The molecule has 0 aromatic heterocycles. The molecule has 2 aliphatic carbocycles. The first-order chi connectivity index (χ1) is 22.9. The van der Waals surface area contributed by atoms with Crippen LogP contribution in [-0.4, -0.2) is 56.1 Å². The first kappa shape index (κ1) is 32.4. The average molecular weight is 632 g/mol. The van der Waals surface area contributed by atoms with Crippen LogP contribution in [0, 0.1) is 0 Å². The summed E-state index contributed by atoms with van der Waals surface area (Å²) in [6, 6.07) is 29.5. The van der Waals surface area contributed by atoms with Crippen molar-refractivity contribution < 1.29 is 38.5 Å². The number of ketones is 1. The molecule has 2 aliphatic rings. The van der Waals surface area contributed by atoms with Crippen LogP contribution in [0.25, 0.3) is 11.1 Å². The van der Waals surface area contributed by atoms with Gasteiger partial charge in [-0.1, -0.05) is 65.8 Å². The summed E-state index contributed by atoms with van der Waals surface area (Å²) in [4.78, 5) is 37.6. The van der Waals surface area contributed by atoms with Gasteiger partial charge in [0.25, 0.3) is 0 Å². The second-order valence-corrected chi connectivity index (χ2v) is 10.3. The second kappa shape index (κ2) is 14.4. The average Bonchev–Trinajstić information content (AvgIpc) is 3.60. The molecule has 4 aromatic carbocycles. The van der Waals surface area contributed by atoms with Crippen LogP contribution >= 0.6 is 0 Å². The van der Waals surface area contributed by atoms with Crippen LogP contribution in [0.1, 0.15) is 52.0 Å². The van der Waals surface area contributed by atoms with Crippen LogP contribution in [0.2, 0.25) is 0 Å². The molecule has 0 heterocycles. The molecule has 238 valence electrons. The van der Waals surface area contributed by atoms with Gasteiger partial charge in [0.2, 0.25) is 5.78 Å². The Morgan fingerprint density at radius 2 is 1.06 bits per heavy atom. The summed E-state index contributed by atoms with van der Waals surface area (Å²) in [5.74, 6) is -0.232. The van der Waals surface area contributed by atoms with Gasteiger partial charge in [-0.15, -0.1) is 0 Å². The number of carbonyl (C=O) groups is 3. The number of oxime groups is 1. The third-order valence-corrected chi connectivity index (χ3v) is 7.64. The number of nitrogens with zero attached hydrogens (tertiary/aromatic N) is 1. The molecule has 0 saturated carbocycles. The van der Waals surface area contributed by atoms with Crippen LogP contribution in [-0.2, 0) is 19.1 Å². The Morgan fingerprint density at radius 3 is 1.53 bits per heavy atom. The fourth-order valence-corrected chi connectivity index (χ4v) is 5.60. The summed E-state index contributed by atoms with van der Waals surface area (Å²) >= 11 is 0. The van der Waals surface area contributed by atoms with E-state index in [1.165, 1.54) is 0 Å². The molecule has 47 heavy (non-hydrogen) atoms. The number of esters is 2. The topological polar surface area (TPSA) is 121 Å². The minimum absolute atomic E-state index is 0.0845. The van der Waals surface area contributed by atoms with E-state index in [1.54, 1.807) is 52.3 Å². The lowest BCUT2D eigenvalue weighted by molar-refractivity contribution is -0.138. The molecule has 0 spiro atoms. The molecule has 0 fully saturated rings. The summed E-state index contributed by atoms with van der Waals surface area (Å²) in [6.45, 7) is 3.91. The molecular weight excluding hydrogens is 598 g/mol. The zero-order valence-corrected chi connectivity index (χ0v) is 26.4. The Kier molecular flexibility index (Phi) is 9.96. The highest BCUT2D eigenvalue weighted by Crippen LogP contribution is 2.41. The van der Waals surface area contributed by atoms with E-state index >= 15 is 0 Å². The lowest BCUT2D eigenvalue weighted by Crippen LogP contribution is -2.15. The number of benzene rings is 4. The fourth-order valence-electron chi connectivity index (χ4n) is 5.60. The number of fused-ring (bicyclic) bond motifs is 2. The van der Waals surface area contributed by atoms with Crippen molar-refractivity contribution in [1.82, 2.24) is 0 Å². The minimum Gasteiger partial charge on any atom is -0.497 e. The van der Waals surface area contributed by atoms with E-state index in [1.807, 2.05) is 72.8 Å². The summed E-state index contributed by atoms with van der Waals surface area (Å²) in [5.41, 5.74) is 6.15. The van der Waals surface area contributed by atoms with Gasteiger partial charge in [0, 0.05) is 22.3 Å². The van der Waals surface area contributed by atoms with Gasteiger partial charge in [-0.2, -0.15) is 0 Å². The van der Waals surface area contributed by atoms with Crippen molar-refractivity contribution in [2.24, 2.45) is 5.16 Å². The Bertz CT molecular complexity index is 1920. The molecular formula is C38H33NO8. The van der Waals surface area contributed by atoms with Crippen LogP contribution in [0.15, 0.2) is 113 Å². The van der Waals surface area contributed by atoms with Crippen molar-refractivity contribution in [2.75, 3.05) is 27.4 Å². The van der Waals surface area contributed by atoms with E-state index in [4.69, 9.17) is 18.9 Å². The smallest absolute Gasteiger partial charge is 0.342 e. The Morgan fingerprint density at radius 1 is 0.617 bits per heavy atom. The summed E-state index contributed by atoms with van der Waals surface area (Å²) in [5, 5.41) is 12.9. The highest BCUT2D eigenvalue weighted by Gasteiger charge is 2.36. The molecule has 9 heteroatoms. The molecule has 1 N–H and O–H groups in total. The molecule has 0 atom stereocenters. The van der Waals surface area contributed by atoms with Crippen LogP contribution in [0.5, 0.6) is 11.5 Å². The third kappa shape index (κ3) is 6.28. The number of carbonyl (C=O) groups excluding carboxylic acids is 3. The SMILES string of the molecule is CCOC(=O)C1=C(c2ccccc2)c2ccc(OC)cc2/C1=N/O.CCOC(=O)C1=C(c2ccccc2)c2ccc(OC)cc2C1=O. The number of rotatable bonds is 8. The number of methoxy groups -OCH3 is 2. The van der Waals surface area contributed by atoms with Gasteiger partial charge in [0.1, 0.15) is 22.8 Å². The Labute approximate surface area is 272 Å². The largest absolute Gasteiger partial charge is 0.497 e. The molecule has 0 aliphatic heterocycles. The van der Waals surface area contributed by atoms with E-state index in [0.29, 0.717) is 33.8 Å². The predicted molar refractivity (Wildman–Crippen MR) is 177 cm³/mol. The van der Waals surface area contributed by atoms with Crippen LogP contribution < -0.4 is 9.47 Å². The van der Waals surface area contributed by atoms with Crippen molar-refractivity contribution in [3.8, 4) is 11.5 Å². The van der Waals surface area contributed by atoms with E-state index in [0.717, 1.165) is 22.3 Å². The van der Waals surface area contributed by atoms with Gasteiger partial charge in [-0.25, -0.2) is 9.59 Å². The number of ether oxygens (including phenoxy) is 4. The molecule has 4 aromatic rings.